The highest BCUT2D eigenvalue weighted by Gasteiger charge is 2.22. The predicted molar refractivity (Wildman–Crippen MR) is 68.7 cm³/mol. The quantitative estimate of drug-likeness (QED) is 0.669. The fourth-order valence-corrected chi connectivity index (χ4v) is 1.09. The lowest BCUT2D eigenvalue weighted by Crippen LogP contribution is -2.39. The summed E-state index contributed by atoms with van der Waals surface area (Å²) in [6.07, 6.45) is -0.174. The third-order valence-electron chi connectivity index (χ3n) is 2.42. The Morgan fingerprint density at radius 3 is 2.41 bits per heavy atom. The van der Waals surface area contributed by atoms with E-state index < -0.39 is 6.10 Å². The smallest absolute Gasteiger partial charge is 0.222 e. The molecule has 0 aliphatic carbocycles. The first-order chi connectivity index (χ1) is 7.73. The van der Waals surface area contributed by atoms with Crippen molar-refractivity contribution in [2.45, 2.75) is 47.1 Å². The fourth-order valence-electron chi connectivity index (χ4n) is 1.09. The fraction of sp³-hybridized carbons (Fsp3) is 0.923. The minimum Gasteiger partial charge on any atom is -0.391 e. The highest BCUT2D eigenvalue weighted by atomic mass is 16.5. The summed E-state index contributed by atoms with van der Waals surface area (Å²) in [4.78, 5) is 11.4. The van der Waals surface area contributed by atoms with Crippen molar-refractivity contribution in [3.63, 3.8) is 0 Å². The van der Waals surface area contributed by atoms with Crippen molar-refractivity contribution >= 4 is 5.91 Å². The van der Waals surface area contributed by atoms with E-state index in [1.165, 1.54) is 0 Å². The number of hydrogen-bond acceptors (Lipinski definition) is 3. The molecular formula is C13H27NO3. The van der Waals surface area contributed by atoms with Crippen LogP contribution in [-0.4, -0.2) is 36.9 Å². The van der Waals surface area contributed by atoms with Crippen molar-refractivity contribution in [2.24, 2.45) is 11.3 Å². The van der Waals surface area contributed by atoms with Gasteiger partial charge >= 0.3 is 0 Å². The molecule has 0 saturated heterocycles. The van der Waals surface area contributed by atoms with Gasteiger partial charge in [-0.25, -0.2) is 0 Å². The summed E-state index contributed by atoms with van der Waals surface area (Å²) in [6.45, 7) is 11.4. The first-order valence-corrected chi connectivity index (χ1v) is 6.26. The summed E-state index contributed by atoms with van der Waals surface area (Å²) in [5.41, 5.74) is -0.207. The third-order valence-corrected chi connectivity index (χ3v) is 2.42. The van der Waals surface area contributed by atoms with E-state index in [1.54, 1.807) is 0 Å². The molecule has 0 aliphatic heterocycles. The van der Waals surface area contributed by atoms with Gasteiger partial charge in [0.25, 0.3) is 0 Å². The number of amides is 1. The van der Waals surface area contributed by atoms with Gasteiger partial charge in [0.2, 0.25) is 5.91 Å². The van der Waals surface area contributed by atoms with Gasteiger partial charge < -0.3 is 15.2 Å². The van der Waals surface area contributed by atoms with Crippen molar-refractivity contribution in [3.05, 3.63) is 0 Å². The molecule has 0 bridgehead atoms. The molecule has 0 aromatic carbocycles. The number of ether oxygens (including phenoxy) is 1. The molecule has 0 radical (unpaired) electrons. The first kappa shape index (κ1) is 16.4. The van der Waals surface area contributed by atoms with Gasteiger partial charge in [-0.1, -0.05) is 34.6 Å². The molecule has 1 amide bonds. The lowest BCUT2D eigenvalue weighted by molar-refractivity contribution is -0.123. The van der Waals surface area contributed by atoms with Crippen LogP contribution in [0, 0.1) is 11.3 Å². The Balaban J connectivity index is 3.60. The molecule has 2 N–H and O–H groups in total. The Morgan fingerprint density at radius 1 is 1.35 bits per heavy atom. The molecular weight excluding hydrogens is 218 g/mol. The van der Waals surface area contributed by atoms with E-state index >= 15 is 0 Å². The third kappa shape index (κ3) is 9.12. The monoisotopic (exact) mass is 245 g/mol. The van der Waals surface area contributed by atoms with E-state index in [0.717, 1.165) is 0 Å². The van der Waals surface area contributed by atoms with Crippen LogP contribution in [0.1, 0.15) is 41.0 Å². The van der Waals surface area contributed by atoms with Crippen LogP contribution in [0.25, 0.3) is 0 Å². The van der Waals surface area contributed by atoms with Gasteiger partial charge in [0.15, 0.2) is 0 Å². The van der Waals surface area contributed by atoms with Crippen molar-refractivity contribution in [1.29, 1.82) is 0 Å². The predicted octanol–water partition coefficient (Wildman–Crippen LogP) is 1.57. The van der Waals surface area contributed by atoms with Gasteiger partial charge in [-0.05, 0) is 11.3 Å². The van der Waals surface area contributed by atoms with Gasteiger partial charge in [0.05, 0.1) is 12.7 Å². The highest BCUT2D eigenvalue weighted by Crippen LogP contribution is 2.17. The minimum atomic E-state index is -0.525. The average molecular weight is 245 g/mol. The summed E-state index contributed by atoms with van der Waals surface area (Å²) in [5, 5.41) is 12.4. The molecule has 0 spiro atoms. The lowest BCUT2D eigenvalue weighted by Gasteiger charge is -2.25. The minimum absolute atomic E-state index is 0.0722. The van der Waals surface area contributed by atoms with Gasteiger partial charge in [-0.15, -0.1) is 0 Å². The van der Waals surface area contributed by atoms with Crippen LogP contribution in [0.15, 0.2) is 0 Å². The highest BCUT2D eigenvalue weighted by molar-refractivity contribution is 5.75. The average Bonchev–Trinajstić information content (AvgIpc) is 2.19. The summed E-state index contributed by atoms with van der Waals surface area (Å²) < 4.78 is 5.32. The molecule has 0 saturated carbocycles. The van der Waals surface area contributed by atoms with Crippen LogP contribution in [0.5, 0.6) is 0 Å². The van der Waals surface area contributed by atoms with E-state index in [1.807, 2.05) is 20.8 Å². The molecule has 4 nitrogen and oxygen atoms in total. The van der Waals surface area contributed by atoms with E-state index in [2.05, 4.69) is 19.2 Å². The molecule has 0 aromatic rings. The number of hydrogen-bond donors (Lipinski definition) is 2. The standard InChI is InChI=1S/C13H27NO3/c1-10(2)9-17-7-6-12(16)14-8-11(15)13(3,4)5/h10-11,15H,6-9H2,1-5H3,(H,14,16). The number of carbonyl (C=O) groups excluding carboxylic acids is 1. The zero-order valence-electron chi connectivity index (χ0n) is 11.7. The molecule has 0 fully saturated rings. The zero-order valence-corrected chi connectivity index (χ0v) is 11.7. The number of carbonyl (C=O) groups is 1. The second-order valence-electron chi connectivity index (χ2n) is 5.90. The van der Waals surface area contributed by atoms with Crippen LogP contribution in [0.3, 0.4) is 0 Å². The SMILES string of the molecule is CC(C)COCCC(=O)NCC(O)C(C)(C)C. The molecule has 102 valence electrons. The van der Waals surface area contributed by atoms with E-state index in [-0.39, 0.29) is 11.3 Å². The van der Waals surface area contributed by atoms with E-state index in [4.69, 9.17) is 4.74 Å². The molecule has 0 aliphatic rings. The summed E-state index contributed by atoms with van der Waals surface area (Å²) >= 11 is 0. The van der Waals surface area contributed by atoms with Crippen LogP contribution in [0.4, 0.5) is 0 Å². The summed E-state index contributed by atoms with van der Waals surface area (Å²) in [5.74, 6) is 0.415. The van der Waals surface area contributed by atoms with Crippen LogP contribution < -0.4 is 5.32 Å². The van der Waals surface area contributed by atoms with Crippen molar-refractivity contribution in [1.82, 2.24) is 5.32 Å². The van der Waals surface area contributed by atoms with Gasteiger partial charge in [0.1, 0.15) is 0 Å². The maximum absolute atomic E-state index is 11.4. The van der Waals surface area contributed by atoms with Crippen molar-refractivity contribution in [3.8, 4) is 0 Å². The topological polar surface area (TPSA) is 58.6 Å². The van der Waals surface area contributed by atoms with Gasteiger partial charge in [-0.3, -0.25) is 4.79 Å². The Bertz CT molecular complexity index is 221. The molecule has 17 heavy (non-hydrogen) atoms. The maximum atomic E-state index is 11.4. The zero-order chi connectivity index (χ0) is 13.5. The van der Waals surface area contributed by atoms with E-state index in [0.29, 0.717) is 32.1 Å². The Morgan fingerprint density at radius 2 is 1.94 bits per heavy atom. The van der Waals surface area contributed by atoms with E-state index in [9.17, 15) is 9.90 Å². The molecule has 1 unspecified atom stereocenters. The van der Waals surface area contributed by atoms with Crippen LogP contribution in [0.2, 0.25) is 0 Å². The first-order valence-electron chi connectivity index (χ1n) is 6.26. The largest absolute Gasteiger partial charge is 0.391 e. The molecule has 4 heteroatoms. The molecule has 0 rings (SSSR count). The van der Waals surface area contributed by atoms with Crippen LogP contribution >= 0.6 is 0 Å². The van der Waals surface area contributed by atoms with Crippen molar-refractivity contribution in [2.75, 3.05) is 19.8 Å². The van der Waals surface area contributed by atoms with Crippen LogP contribution in [-0.2, 0) is 9.53 Å². The Kier molecular flexibility index (Phi) is 7.39. The van der Waals surface area contributed by atoms with Gasteiger partial charge in [-0.2, -0.15) is 0 Å². The second-order valence-corrected chi connectivity index (χ2v) is 5.90. The Hall–Kier alpha value is -0.610. The van der Waals surface area contributed by atoms with Crippen molar-refractivity contribution < 1.29 is 14.6 Å². The normalized spacial score (nSPS) is 13.8. The molecule has 0 aromatic heterocycles. The second kappa shape index (κ2) is 7.67. The number of rotatable bonds is 7. The summed E-state index contributed by atoms with van der Waals surface area (Å²) in [6, 6.07) is 0. The maximum Gasteiger partial charge on any atom is 0.222 e. The molecule has 0 heterocycles. The lowest BCUT2D eigenvalue weighted by atomic mass is 9.89. The number of aliphatic hydroxyl groups excluding tert-OH is 1. The summed E-state index contributed by atoms with van der Waals surface area (Å²) in [7, 11) is 0. The molecule has 1 atom stereocenters. The number of aliphatic hydroxyl groups is 1. The number of nitrogens with one attached hydrogen (secondary N) is 1. The Labute approximate surface area is 105 Å². The van der Waals surface area contributed by atoms with Gasteiger partial charge in [0, 0.05) is 19.6 Å².